The summed E-state index contributed by atoms with van der Waals surface area (Å²) in [4.78, 5) is 0. The Balaban J connectivity index is 2.78. The van der Waals surface area contributed by atoms with Gasteiger partial charge in [-0.15, -0.1) is 0 Å². The maximum absolute atomic E-state index is 12.3. The van der Waals surface area contributed by atoms with E-state index in [-0.39, 0.29) is 11.3 Å². The summed E-state index contributed by atoms with van der Waals surface area (Å²) in [5.74, 6) is 0.180. The first-order valence-corrected chi connectivity index (χ1v) is 6.60. The molecule has 0 radical (unpaired) electrons. The number of hydrogen-bond donors (Lipinski definition) is 1. The van der Waals surface area contributed by atoms with E-state index >= 15 is 0 Å². The molecule has 0 aliphatic rings. The Kier molecular flexibility index (Phi) is 6.16. The van der Waals surface area contributed by atoms with E-state index in [1.165, 1.54) is 6.07 Å². The van der Waals surface area contributed by atoms with Gasteiger partial charge in [0.1, 0.15) is 5.75 Å². The molecule has 0 aliphatic heterocycles. The molecule has 0 unspecified atom stereocenters. The minimum absolute atomic E-state index is 0.180. The van der Waals surface area contributed by atoms with Crippen molar-refractivity contribution in [3.05, 3.63) is 28.2 Å². The maximum Gasteiger partial charge on any atom is 0.387 e. The fourth-order valence-corrected chi connectivity index (χ4v) is 2.05. The van der Waals surface area contributed by atoms with Crippen molar-refractivity contribution in [2.24, 2.45) is 0 Å². The molecule has 3 nitrogen and oxygen atoms in total. The summed E-state index contributed by atoms with van der Waals surface area (Å²) < 4.78 is 35.0. The number of benzene rings is 1. The lowest BCUT2D eigenvalue weighted by atomic mass is 10.1. The lowest BCUT2D eigenvalue weighted by Crippen LogP contribution is -2.42. The Bertz CT molecular complexity index is 414. The van der Waals surface area contributed by atoms with E-state index in [4.69, 9.17) is 4.74 Å². The highest BCUT2D eigenvalue weighted by atomic mass is 79.9. The molecule has 0 amide bonds. The minimum Gasteiger partial charge on any atom is -0.434 e. The number of halogens is 3. The van der Waals surface area contributed by atoms with Crippen LogP contribution in [0.4, 0.5) is 8.78 Å². The average molecular weight is 338 g/mol. The molecule has 0 saturated carbocycles. The van der Waals surface area contributed by atoms with Gasteiger partial charge in [0.15, 0.2) is 0 Å². The third-order valence-electron chi connectivity index (χ3n) is 2.50. The van der Waals surface area contributed by atoms with E-state index < -0.39 is 6.61 Å². The first-order valence-electron chi connectivity index (χ1n) is 5.81. The van der Waals surface area contributed by atoms with Crippen LogP contribution in [0.15, 0.2) is 22.7 Å². The first kappa shape index (κ1) is 16.3. The molecule has 1 aromatic rings. The lowest BCUT2D eigenvalue weighted by molar-refractivity contribution is -0.0505. The topological polar surface area (TPSA) is 30.5 Å². The normalized spacial score (nSPS) is 11.9. The van der Waals surface area contributed by atoms with Gasteiger partial charge in [0.05, 0.1) is 6.61 Å². The van der Waals surface area contributed by atoms with Crippen molar-refractivity contribution in [1.29, 1.82) is 0 Å². The highest BCUT2D eigenvalue weighted by Gasteiger charge is 2.18. The third-order valence-corrected chi connectivity index (χ3v) is 2.99. The van der Waals surface area contributed by atoms with Crippen LogP contribution in [0.3, 0.4) is 0 Å². The van der Waals surface area contributed by atoms with E-state index in [1.54, 1.807) is 19.2 Å². The summed E-state index contributed by atoms with van der Waals surface area (Å²) in [6.07, 6.45) is 0. The highest BCUT2D eigenvalue weighted by Crippen LogP contribution is 2.25. The van der Waals surface area contributed by atoms with Gasteiger partial charge in [-0.25, -0.2) is 0 Å². The van der Waals surface area contributed by atoms with Crippen LogP contribution in [-0.2, 0) is 11.3 Å². The first-order chi connectivity index (χ1) is 8.84. The molecule has 0 fully saturated rings. The van der Waals surface area contributed by atoms with E-state index in [1.807, 2.05) is 13.8 Å². The van der Waals surface area contributed by atoms with Gasteiger partial charge in [-0.3, -0.25) is 0 Å². The maximum atomic E-state index is 12.3. The molecule has 0 saturated heterocycles. The summed E-state index contributed by atoms with van der Waals surface area (Å²) in [7, 11) is 1.62. The molecule has 0 bridgehead atoms. The molecule has 108 valence electrons. The van der Waals surface area contributed by atoms with Crippen molar-refractivity contribution >= 4 is 15.9 Å². The fraction of sp³-hybridized carbons (Fsp3) is 0.538. The van der Waals surface area contributed by atoms with Gasteiger partial charge in [-0.2, -0.15) is 8.78 Å². The third kappa shape index (κ3) is 5.84. The molecule has 6 heteroatoms. The smallest absolute Gasteiger partial charge is 0.387 e. The number of alkyl halides is 2. The van der Waals surface area contributed by atoms with Crippen LogP contribution in [0.1, 0.15) is 19.4 Å². The zero-order chi connectivity index (χ0) is 14.5. The Morgan fingerprint density at radius 3 is 2.63 bits per heavy atom. The predicted octanol–water partition coefficient (Wildman–Crippen LogP) is 3.57. The summed E-state index contributed by atoms with van der Waals surface area (Å²) in [6.45, 7) is 2.06. The van der Waals surface area contributed by atoms with E-state index in [0.29, 0.717) is 18.7 Å². The van der Waals surface area contributed by atoms with Gasteiger partial charge in [0.2, 0.25) is 0 Å². The van der Waals surface area contributed by atoms with Crippen LogP contribution in [-0.4, -0.2) is 25.9 Å². The van der Waals surface area contributed by atoms with Crippen LogP contribution in [0.5, 0.6) is 5.75 Å². The lowest BCUT2D eigenvalue weighted by Gasteiger charge is -2.26. The molecule has 1 N–H and O–H groups in total. The van der Waals surface area contributed by atoms with Gasteiger partial charge >= 0.3 is 6.61 Å². The molecule has 0 atom stereocenters. The van der Waals surface area contributed by atoms with E-state index in [2.05, 4.69) is 26.0 Å². The second-order valence-corrected chi connectivity index (χ2v) is 5.72. The Labute approximate surface area is 120 Å². The number of ether oxygens (including phenoxy) is 2. The Morgan fingerprint density at radius 2 is 2.05 bits per heavy atom. The minimum atomic E-state index is -2.83. The summed E-state index contributed by atoms with van der Waals surface area (Å²) in [6, 6.07) is 4.95. The summed E-state index contributed by atoms with van der Waals surface area (Å²) in [5, 5.41) is 3.25. The second kappa shape index (κ2) is 7.17. The molecule has 0 heterocycles. The van der Waals surface area contributed by atoms with Crippen LogP contribution >= 0.6 is 15.9 Å². The Morgan fingerprint density at radius 1 is 1.37 bits per heavy atom. The zero-order valence-electron chi connectivity index (χ0n) is 11.2. The van der Waals surface area contributed by atoms with Crippen LogP contribution in [0.25, 0.3) is 0 Å². The SMILES string of the molecule is COCC(C)(C)NCc1cc(Br)ccc1OC(F)F. The molecule has 1 aromatic carbocycles. The molecule has 0 aliphatic carbocycles. The van der Waals surface area contributed by atoms with E-state index in [0.717, 1.165) is 4.47 Å². The molecular weight excluding hydrogens is 320 g/mol. The van der Waals surface area contributed by atoms with Crippen molar-refractivity contribution in [3.63, 3.8) is 0 Å². The molecular formula is C13H18BrF2NO2. The summed E-state index contributed by atoms with van der Waals surface area (Å²) >= 11 is 3.32. The van der Waals surface area contributed by atoms with Gasteiger partial charge in [0, 0.05) is 29.2 Å². The quantitative estimate of drug-likeness (QED) is 0.825. The predicted molar refractivity (Wildman–Crippen MR) is 73.6 cm³/mol. The van der Waals surface area contributed by atoms with Gasteiger partial charge in [-0.05, 0) is 32.0 Å². The molecule has 1 rings (SSSR count). The summed E-state index contributed by atoms with van der Waals surface area (Å²) in [5.41, 5.74) is 0.415. The molecule has 19 heavy (non-hydrogen) atoms. The van der Waals surface area contributed by atoms with Gasteiger partial charge in [0.25, 0.3) is 0 Å². The standard InChI is InChI=1S/C13H18BrF2NO2/c1-13(2,8-18-3)17-7-9-6-10(14)4-5-11(9)19-12(15)16/h4-6,12,17H,7-8H2,1-3H3. The zero-order valence-corrected chi connectivity index (χ0v) is 12.8. The highest BCUT2D eigenvalue weighted by molar-refractivity contribution is 9.10. The van der Waals surface area contributed by atoms with Gasteiger partial charge < -0.3 is 14.8 Å². The van der Waals surface area contributed by atoms with Gasteiger partial charge in [-0.1, -0.05) is 15.9 Å². The largest absolute Gasteiger partial charge is 0.434 e. The Hall–Kier alpha value is -0.720. The van der Waals surface area contributed by atoms with Crippen molar-refractivity contribution in [1.82, 2.24) is 5.32 Å². The average Bonchev–Trinajstić information content (AvgIpc) is 2.29. The van der Waals surface area contributed by atoms with Crippen molar-refractivity contribution in [2.75, 3.05) is 13.7 Å². The number of nitrogens with one attached hydrogen (secondary N) is 1. The second-order valence-electron chi connectivity index (χ2n) is 4.80. The monoisotopic (exact) mass is 337 g/mol. The number of hydrogen-bond acceptors (Lipinski definition) is 3. The van der Waals surface area contributed by atoms with Crippen LogP contribution in [0.2, 0.25) is 0 Å². The van der Waals surface area contributed by atoms with Crippen molar-refractivity contribution in [2.45, 2.75) is 32.5 Å². The molecule has 0 aromatic heterocycles. The van der Waals surface area contributed by atoms with Crippen LogP contribution in [0, 0.1) is 0 Å². The molecule has 0 spiro atoms. The van der Waals surface area contributed by atoms with Crippen molar-refractivity contribution < 1.29 is 18.3 Å². The number of rotatable bonds is 7. The number of methoxy groups -OCH3 is 1. The fourth-order valence-electron chi connectivity index (χ4n) is 1.64. The van der Waals surface area contributed by atoms with Crippen molar-refractivity contribution in [3.8, 4) is 5.75 Å². The van der Waals surface area contributed by atoms with Crippen LogP contribution < -0.4 is 10.1 Å². The van der Waals surface area contributed by atoms with E-state index in [9.17, 15) is 8.78 Å².